The Morgan fingerprint density at radius 1 is 1.23 bits per heavy atom. The first-order valence-corrected chi connectivity index (χ1v) is 7.62. The summed E-state index contributed by atoms with van der Waals surface area (Å²) in [6.07, 6.45) is 0.819. The predicted octanol–water partition coefficient (Wildman–Crippen LogP) is 3.45. The topological polar surface area (TPSA) is 64.4 Å². The van der Waals surface area contributed by atoms with E-state index in [2.05, 4.69) is 19.2 Å². The quantitative estimate of drug-likeness (QED) is 0.805. The lowest BCUT2D eigenvalue weighted by atomic mass is 10.0. The van der Waals surface area contributed by atoms with Crippen molar-refractivity contribution in [2.75, 3.05) is 0 Å². The second kappa shape index (κ2) is 9.70. The highest BCUT2D eigenvalue weighted by molar-refractivity contribution is 5.85. The van der Waals surface area contributed by atoms with Gasteiger partial charge in [-0.3, -0.25) is 4.79 Å². The van der Waals surface area contributed by atoms with Gasteiger partial charge in [-0.05, 0) is 50.8 Å². The van der Waals surface area contributed by atoms with Crippen LogP contribution in [0.25, 0.3) is 0 Å². The van der Waals surface area contributed by atoms with E-state index in [0.717, 1.165) is 11.3 Å². The maximum atomic E-state index is 12.1. The van der Waals surface area contributed by atoms with Gasteiger partial charge < -0.3 is 15.8 Å². The van der Waals surface area contributed by atoms with Crippen LogP contribution in [0.3, 0.4) is 0 Å². The van der Waals surface area contributed by atoms with Gasteiger partial charge in [0.05, 0.1) is 18.2 Å². The molecule has 1 rings (SSSR count). The summed E-state index contributed by atoms with van der Waals surface area (Å²) in [5.41, 5.74) is 6.92. The van der Waals surface area contributed by atoms with Crippen LogP contribution in [-0.4, -0.2) is 18.1 Å². The smallest absolute Gasteiger partial charge is 0.237 e. The Balaban J connectivity index is 0.00000441. The molecule has 0 aliphatic heterocycles. The van der Waals surface area contributed by atoms with Crippen molar-refractivity contribution in [1.82, 2.24) is 5.32 Å². The van der Waals surface area contributed by atoms with E-state index in [9.17, 15) is 4.79 Å². The standard InChI is InChI=1S/C17H28N2O2.ClH/c1-11(2)9-16(18)17(20)19-13(5)14-7-6-8-15(10-14)21-12(3)4;/h6-8,10-13,16H,9,18H2,1-5H3,(H,19,20);1H/t13?,16-;/m0./s1. The van der Waals surface area contributed by atoms with Crippen molar-refractivity contribution >= 4 is 18.3 Å². The third kappa shape index (κ3) is 7.14. The molecule has 0 saturated heterocycles. The van der Waals surface area contributed by atoms with Crippen molar-refractivity contribution in [1.29, 1.82) is 0 Å². The fourth-order valence-electron chi connectivity index (χ4n) is 2.15. The molecule has 4 nitrogen and oxygen atoms in total. The molecule has 22 heavy (non-hydrogen) atoms. The third-order valence-electron chi connectivity index (χ3n) is 3.15. The van der Waals surface area contributed by atoms with Crippen molar-refractivity contribution in [2.45, 2.75) is 59.2 Å². The number of carbonyl (C=O) groups is 1. The number of nitrogens with two attached hydrogens (primary N) is 1. The lowest BCUT2D eigenvalue weighted by molar-refractivity contribution is -0.123. The van der Waals surface area contributed by atoms with Crippen LogP contribution in [0.15, 0.2) is 24.3 Å². The van der Waals surface area contributed by atoms with Crippen molar-refractivity contribution in [2.24, 2.45) is 11.7 Å². The van der Waals surface area contributed by atoms with E-state index in [1.54, 1.807) is 0 Å². The lowest BCUT2D eigenvalue weighted by Crippen LogP contribution is -2.42. The van der Waals surface area contributed by atoms with E-state index < -0.39 is 6.04 Å². The fraction of sp³-hybridized carbons (Fsp3) is 0.588. The van der Waals surface area contributed by atoms with Crippen LogP contribution < -0.4 is 15.8 Å². The van der Waals surface area contributed by atoms with Crippen molar-refractivity contribution < 1.29 is 9.53 Å². The van der Waals surface area contributed by atoms with Gasteiger partial charge in [0.25, 0.3) is 0 Å². The van der Waals surface area contributed by atoms with Gasteiger partial charge in [-0.2, -0.15) is 0 Å². The van der Waals surface area contributed by atoms with Crippen molar-refractivity contribution in [3.8, 4) is 5.75 Å². The number of rotatable bonds is 7. The molecular weight excluding hydrogens is 300 g/mol. The maximum absolute atomic E-state index is 12.1. The molecule has 1 aromatic rings. The van der Waals surface area contributed by atoms with Crippen LogP contribution in [-0.2, 0) is 4.79 Å². The van der Waals surface area contributed by atoms with Gasteiger partial charge in [0.15, 0.2) is 0 Å². The summed E-state index contributed by atoms with van der Waals surface area (Å²) >= 11 is 0. The number of hydrogen-bond acceptors (Lipinski definition) is 3. The summed E-state index contributed by atoms with van der Waals surface area (Å²) in [5.74, 6) is 1.12. The minimum atomic E-state index is -0.456. The Hall–Kier alpha value is -1.26. The molecular formula is C17H29ClN2O2. The van der Waals surface area contributed by atoms with Gasteiger partial charge in [-0.1, -0.05) is 26.0 Å². The Labute approximate surface area is 140 Å². The van der Waals surface area contributed by atoms with Gasteiger partial charge in [0.1, 0.15) is 5.75 Å². The van der Waals surface area contributed by atoms with Crippen LogP contribution in [0.2, 0.25) is 0 Å². The molecule has 0 radical (unpaired) electrons. The molecule has 1 amide bonds. The normalized spacial score (nSPS) is 13.5. The average molecular weight is 329 g/mol. The highest BCUT2D eigenvalue weighted by Gasteiger charge is 2.17. The third-order valence-corrected chi connectivity index (χ3v) is 3.15. The SMILES string of the molecule is CC(C)C[C@H](N)C(=O)NC(C)c1cccc(OC(C)C)c1.Cl. The molecule has 1 aromatic carbocycles. The zero-order valence-corrected chi connectivity index (χ0v) is 14.9. The molecule has 0 fully saturated rings. The van der Waals surface area contributed by atoms with Crippen LogP contribution in [0, 0.1) is 5.92 Å². The highest BCUT2D eigenvalue weighted by Crippen LogP contribution is 2.20. The van der Waals surface area contributed by atoms with Crippen LogP contribution >= 0.6 is 12.4 Å². The van der Waals surface area contributed by atoms with Gasteiger partial charge in [-0.25, -0.2) is 0 Å². The first-order valence-electron chi connectivity index (χ1n) is 7.62. The first-order chi connectivity index (χ1) is 9.79. The molecule has 0 bridgehead atoms. The molecule has 0 saturated carbocycles. The second-order valence-corrected chi connectivity index (χ2v) is 6.21. The number of nitrogens with one attached hydrogen (secondary N) is 1. The van der Waals surface area contributed by atoms with Gasteiger partial charge in [0, 0.05) is 0 Å². The zero-order valence-electron chi connectivity index (χ0n) is 14.1. The molecule has 0 aliphatic rings. The van der Waals surface area contributed by atoms with Crippen LogP contribution in [0.4, 0.5) is 0 Å². The second-order valence-electron chi connectivity index (χ2n) is 6.21. The van der Waals surface area contributed by atoms with E-state index in [1.165, 1.54) is 0 Å². The minimum absolute atomic E-state index is 0. The summed E-state index contributed by atoms with van der Waals surface area (Å²) in [6, 6.07) is 7.24. The van der Waals surface area contributed by atoms with E-state index in [-0.39, 0.29) is 30.5 Å². The molecule has 0 aromatic heterocycles. The number of hydrogen-bond donors (Lipinski definition) is 2. The Morgan fingerprint density at radius 2 is 1.86 bits per heavy atom. The molecule has 1 unspecified atom stereocenters. The van der Waals surface area contributed by atoms with Crippen LogP contribution in [0.1, 0.15) is 52.6 Å². The number of ether oxygens (including phenoxy) is 1. The monoisotopic (exact) mass is 328 g/mol. The van der Waals surface area contributed by atoms with E-state index in [1.807, 2.05) is 45.0 Å². The predicted molar refractivity (Wildman–Crippen MR) is 93.4 cm³/mol. The molecule has 0 aliphatic carbocycles. The minimum Gasteiger partial charge on any atom is -0.491 e. The van der Waals surface area contributed by atoms with E-state index in [4.69, 9.17) is 10.5 Å². The van der Waals surface area contributed by atoms with Gasteiger partial charge in [0.2, 0.25) is 5.91 Å². The number of benzene rings is 1. The number of amides is 1. The molecule has 0 heterocycles. The Bertz CT molecular complexity index is 464. The van der Waals surface area contributed by atoms with Gasteiger partial charge >= 0.3 is 0 Å². The lowest BCUT2D eigenvalue weighted by Gasteiger charge is -2.20. The zero-order chi connectivity index (χ0) is 16.0. The summed E-state index contributed by atoms with van der Waals surface area (Å²) < 4.78 is 5.67. The van der Waals surface area contributed by atoms with Crippen molar-refractivity contribution in [3.05, 3.63) is 29.8 Å². The first kappa shape index (κ1) is 20.7. The largest absolute Gasteiger partial charge is 0.491 e. The Morgan fingerprint density at radius 3 is 2.41 bits per heavy atom. The summed E-state index contributed by atoms with van der Waals surface area (Å²) in [6.45, 7) is 10.0. The molecule has 5 heteroatoms. The summed E-state index contributed by atoms with van der Waals surface area (Å²) in [5, 5.41) is 2.96. The van der Waals surface area contributed by atoms with E-state index in [0.29, 0.717) is 12.3 Å². The van der Waals surface area contributed by atoms with E-state index >= 15 is 0 Å². The number of carbonyl (C=O) groups excluding carboxylic acids is 1. The average Bonchev–Trinajstić information content (AvgIpc) is 2.37. The highest BCUT2D eigenvalue weighted by atomic mass is 35.5. The molecule has 0 spiro atoms. The Kier molecular flexibility index (Phi) is 9.14. The molecule has 2 atom stereocenters. The molecule has 3 N–H and O–H groups in total. The maximum Gasteiger partial charge on any atom is 0.237 e. The summed E-state index contributed by atoms with van der Waals surface area (Å²) in [4.78, 5) is 12.1. The number of halogens is 1. The summed E-state index contributed by atoms with van der Waals surface area (Å²) in [7, 11) is 0. The molecule has 126 valence electrons. The van der Waals surface area contributed by atoms with Crippen molar-refractivity contribution in [3.63, 3.8) is 0 Å². The van der Waals surface area contributed by atoms with Crippen LogP contribution in [0.5, 0.6) is 5.75 Å². The fourth-order valence-corrected chi connectivity index (χ4v) is 2.15. The van der Waals surface area contributed by atoms with Gasteiger partial charge in [-0.15, -0.1) is 12.4 Å².